The zero-order valence-corrected chi connectivity index (χ0v) is 17.3. The van der Waals surface area contributed by atoms with Gasteiger partial charge in [0.05, 0.1) is 6.54 Å². The summed E-state index contributed by atoms with van der Waals surface area (Å²) in [4.78, 5) is 16.4. The number of hydrogen-bond acceptors (Lipinski definition) is 3. The number of guanidine groups is 1. The van der Waals surface area contributed by atoms with Crippen LogP contribution in [0.2, 0.25) is 5.02 Å². The Bertz CT molecular complexity index is 852. The Balaban J connectivity index is 1.51. The van der Waals surface area contributed by atoms with Gasteiger partial charge in [-0.05, 0) is 55.2 Å². The van der Waals surface area contributed by atoms with Crippen molar-refractivity contribution < 1.29 is 9.53 Å². The maximum Gasteiger partial charge on any atom is 0.258 e. The van der Waals surface area contributed by atoms with Crippen molar-refractivity contribution in [2.24, 2.45) is 4.99 Å². The fraction of sp³-hybridized carbons (Fsp3) is 0.364. The molecule has 0 atom stereocenters. The first kappa shape index (κ1) is 21.0. The molecule has 0 aromatic heterocycles. The number of ether oxygens (including phenoxy) is 1. The highest BCUT2D eigenvalue weighted by Crippen LogP contribution is 2.18. The van der Waals surface area contributed by atoms with E-state index < -0.39 is 0 Å². The molecule has 0 unspecified atom stereocenters. The van der Waals surface area contributed by atoms with Crippen molar-refractivity contribution in [2.45, 2.75) is 38.9 Å². The summed E-state index contributed by atoms with van der Waals surface area (Å²) in [7, 11) is 0. The molecule has 7 heteroatoms. The van der Waals surface area contributed by atoms with E-state index in [-0.39, 0.29) is 12.5 Å². The Labute approximate surface area is 176 Å². The van der Waals surface area contributed by atoms with Crippen LogP contribution in [0.3, 0.4) is 0 Å². The Morgan fingerprint density at radius 1 is 1.14 bits per heavy atom. The van der Waals surface area contributed by atoms with Gasteiger partial charge in [-0.1, -0.05) is 35.9 Å². The molecule has 3 rings (SSSR count). The lowest BCUT2D eigenvalue weighted by atomic mass is 10.2. The summed E-state index contributed by atoms with van der Waals surface area (Å²) in [5.74, 6) is 1.33. The summed E-state index contributed by atoms with van der Waals surface area (Å²) < 4.78 is 5.61. The molecule has 1 amide bonds. The Kier molecular flexibility index (Phi) is 7.76. The number of nitrogens with one attached hydrogen (secondary N) is 3. The van der Waals surface area contributed by atoms with Gasteiger partial charge in [0, 0.05) is 24.2 Å². The zero-order chi connectivity index (χ0) is 20.5. The molecule has 3 N–H and O–H groups in total. The molecule has 0 heterocycles. The topological polar surface area (TPSA) is 74.8 Å². The number of carbonyl (C=O) groups excluding carboxylic acids is 1. The van der Waals surface area contributed by atoms with E-state index in [1.807, 2.05) is 55.5 Å². The van der Waals surface area contributed by atoms with Crippen LogP contribution in [0.1, 0.15) is 30.9 Å². The summed E-state index contributed by atoms with van der Waals surface area (Å²) in [6.45, 7) is 3.96. The second kappa shape index (κ2) is 10.7. The zero-order valence-electron chi connectivity index (χ0n) is 16.6. The van der Waals surface area contributed by atoms with Crippen LogP contribution in [0, 0.1) is 0 Å². The van der Waals surface area contributed by atoms with Crippen LogP contribution >= 0.6 is 11.6 Å². The van der Waals surface area contributed by atoms with E-state index in [9.17, 15) is 4.79 Å². The average molecular weight is 415 g/mol. The molecule has 1 saturated carbocycles. The number of carbonyl (C=O) groups is 1. The fourth-order valence-electron chi connectivity index (χ4n) is 2.72. The second-order valence-electron chi connectivity index (χ2n) is 6.96. The molecule has 1 fully saturated rings. The van der Waals surface area contributed by atoms with Gasteiger partial charge in [-0.25, -0.2) is 4.99 Å². The largest absolute Gasteiger partial charge is 0.484 e. The van der Waals surface area contributed by atoms with E-state index in [1.165, 1.54) is 0 Å². The van der Waals surface area contributed by atoms with Crippen molar-refractivity contribution in [3.63, 3.8) is 0 Å². The average Bonchev–Trinajstić information content (AvgIpc) is 3.53. The van der Waals surface area contributed by atoms with Crippen LogP contribution in [0.25, 0.3) is 0 Å². The first-order valence-electron chi connectivity index (χ1n) is 9.90. The molecule has 0 aliphatic heterocycles. The molecule has 1 aliphatic carbocycles. The first-order chi connectivity index (χ1) is 14.1. The first-order valence-corrected chi connectivity index (χ1v) is 10.3. The number of rotatable bonds is 9. The molecule has 2 aromatic carbocycles. The monoisotopic (exact) mass is 414 g/mol. The minimum Gasteiger partial charge on any atom is -0.484 e. The third-order valence-corrected chi connectivity index (χ3v) is 4.56. The molecule has 0 bridgehead atoms. The molecule has 0 saturated heterocycles. The van der Waals surface area contributed by atoms with Gasteiger partial charge in [0.1, 0.15) is 5.75 Å². The quantitative estimate of drug-likeness (QED) is 0.435. The van der Waals surface area contributed by atoms with Gasteiger partial charge in [0.25, 0.3) is 5.91 Å². The third kappa shape index (κ3) is 7.66. The van der Waals surface area contributed by atoms with Crippen LogP contribution in [0.4, 0.5) is 0 Å². The van der Waals surface area contributed by atoms with Gasteiger partial charge >= 0.3 is 0 Å². The molecule has 2 aromatic rings. The van der Waals surface area contributed by atoms with Crippen molar-refractivity contribution in [2.75, 3.05) is 13.2 Å². The van der Waals surface area contributed by atoms with Crippen LogP contribution in [-0.4, -0.2) is 31.1 Å². The van der Waals surface area contributed by atoms with Crippen LogP contribution in [0.5, 0.6) is 5.75 Å². The summed E-state index contributed by atoms with van der Waals surface area (Å²) >= 11 is 6.03. The number of amides is 1. The normalized spacial score (nSPS) is 13.7. The molecule has 1 aliphatic rings. The summed E-state index contributed by atoms with van der Waals surface area (Å²) in [6, 6.07) is 15.7. The van der Waals surface area contributed by atoms with Crippen molar-refractivity contribution in [3.8, 4) is 5.75 Å². The van der Waals surface area contributed by atoms with E-state index in [2.05, 4.69) is 20.9 Å². The molecular weight excluding hydrogens is 388 g/mol. The highest BCUT2D eigenvalue weighted by atomic mass is 35.5. The Morgan fingerprint density at radius 2 is 1.93 bits per heavy atom. The van der Waals surface area contributed by atoms with Gasteiger partial charge in [0.2, 0.25) is 0 Å². The van der Waals surface area contributed by atoms with Crippen molar-refractivity contribution >= 4 is 23.5 Å². The summed E-state index contributed by atoms with van der Waals surface area (Å²) in [5.41, 5.74) is 2.09. The van der Waals surface area contributed by atoms with Gasteiger partial charge in [-0.15, -0.1) is 0 Å². The number of halogens is 1. The predicted molar refractivity (Wildman–Crippen MR) is 116 cm³/mol. The minimum atomic E-state index is -0.0707. The molecule has 0 radical (unpaired) electrons. The van der Waals surface area contributed by atoms with Gasteiger partial charge in [-0.3, -0.25) is 4.79 Å². The minimum absolute atomic E-state index is 0.0388. The molecular formula is C22H27ClN4O2. The van der Waals surface area contributed by atoms with Gasteiger partial charge < -0.3 is 20.7 Å². The Hall–Kier alpha value is -2.73. The number of nitrogens with zero attached hydrogens (tertiary/aromatic N) is 1. The van der Waals surface area contributed by atoms with E-state index in [0.717, 1.165) is 36.5 Å². The van der Waals surface area contributed by atoms with Crippen molar-refractivity contribution in [1.29, 1.82) is 0 Å². The summed E-state index contributed by atoms with van der Waals surface area (Å²) in [6.07, 6.45) is 2.14. The molecule has 6 nitrogen and oxygen atoms in total. The van der Waals surface area contributed by atoms with E-state index in [0.29, 0.717) is 29.9 Å². The second-order valence-corrected chi connectivity index (χ2v) is 7.39. The van der Waals surface area contributed by atoms with Crippen molar-refractivity contribution in [1.82, 2.24) is 16.0 Å². The van der Waals surface area contributed by atoms with E-state index in [1.54, 1.807) is 0 Å². The van der Waals surface area contributed by atoms with Crippen molar-refractivity contribution in [3.05, 3.63) is 64.7 Å². The number of aliphatic imine (C=N–C) groups is 1. The van der Waals surface area contributed by atoms with Crippen LogP contribution < -0.4 is 20.7 Å². The SMILES string of the molecule is CCNC(=NCc1cccc(Cl)c1)NCc1cccc(OCC(=O)NC2CC2)c1. The number of benzene rings is 2. The highest BCUT2D eigenvalue weighted by molar-refractivity contribution is 6.30. The molecule has 154 valence electrons. The maximum atomic E-state index is 11.8. The highest BCUT2D eigenvalue weighted by Gasteiger charge is 2.23. The lowest BCUT2D eigenvalue weighted by Gasteiger charge is -2.12. The Morgan fingerprint density at radius 3 is 2.69 bits per heavy atom. The molecule has 29 heavy (non-hydrogen) atoms. The fourth-order valence-corrected chi connectivity index (χ4v) is 2.94. The van der Waals surface area contributed by atoms with Gasteiger partial charge in [0.15, 0.2) is 12.6 Å². The lowest BCUT2D eigenvalue weighted by molar-refractivity contribution is -0.123. The third-order valence-electron chi connectivity index (χ3n) is 4.32. The number of hydrogen-bond donors (Lipinski definition) is 3. The van der Waals surface area contributed by atoms with Crippen LogP contribution in [0.15, 0.2) is 53.5 Å². The van der Waals surface area contributed by atoms with E-state index >= 15 is 0 Å². The summed E-state index contributed by atoms with van der Waals surface area (Å²) in [5, 5.41) is 10.2. The maximum absolute atomic E-state index is 11.8. The van der Waals surface area contributed by atoms with Gasteiger partial charge in [-0.2, -0.15) is 0 Å². The lowest BCUT2D eigenvalue weighted by Crippen LogP contribution is -2.36. The molecule has 0 spiro atoms. The van der Waals surface area contributed by atoms with E-state index in [4.69, 9.17) is 16.3 Å². The standard InChI is InChI=1S/C22H27ClN4O2/c1-2-24-22(25-13-16-5-3-7-18(23)11-16)26-14-17-6-4-8-20(12-17)29-15-21(28)27-19-9-10-19/h3-8,11-12,19H,2,9-10,13-15H2,1H3,(H,27,28)(H2,24,25,26). The predicted octanol–water partition coefficient (Wildman–Crippen LogP) is 3.25. The smallest absolute Gasteiger partial charge is 0.258 e. The van der Waals surface area contributed by atoms with Crippen LogP contribution in [-0.2, 0) is 17.9 Å².